The van der Waals surface area contributed by atoms with Crippen LogP contribution in [0.3, 0.4) is 0 Å². The second-order valence-corrected chi connectivity index (χ2v) is 6.35. The summed E-state index contributed by atoms with van der Waals surface area (Å²) in [6.07, 6.45) is 1.06. The van der Waals surface area contributed by atoms with E-state index in [0.717, 1.165) is 11.8 Å². The molecule has 8 heteroatoms. The Morgan fingerprint density at radius 1 is 1.23 bits per heavy atom. The van der Waals surface area contributed by atoms with Gasteiger partial charge in [0.05, 0.1) is 19.8 Å². The molecular weight excluding hydrogens is 310 g/mol. The Morgan fingerprint density at radius 3 is 2.27 bits per heavy atom. The van der Waals surface area contributed by atoms with Crippen molar-refractivity contribution in [1.29, 1.82) is 0 Å². The molecule has 0 spiro atoms. The molecule has 0 saturated carbocycles. The van der Waals surface area contributed by atoms with Gasteiger partial charge in [-0.3, -0.25) is 9.59 Å². The van der Waals surface area contributed by atoms with Gasteiger partial charge in [0.25, 0.3) is 0 Å². The average molecular weight is 329 g/mol. The minimum absolute atomic E-state index is 0.100. The minimum atomic E-state index is -3.59. The van der Waals surface area contributed by atoms with Crippen molar-refractivity contribution in [3.63, 3.8) is 0 Å². The van der Waals surface area contributed by atoms with Gasteiger partial charge in [-0.1, -0.05) is 12.1 Å². The van der Waals surface area contributed by atoms with Crippen LogP contribution in [-0.4, -0.2) is 40.2 Å². The van der Waals surface area contributed by atoms with Gasteiger partial charge in [0, 0.05) is 19.4 Å². The van der Waals surface area contributed by atoms with Gasteiger partial charge in [-0.05, 0) is 17.7 Å². The fourth-order valence-electron chi connectivity index (χ4n) is 1.83. The molecule has 0 fully saturated rings. The van der Waals surface area contributed by atoms with E-state index in [4.69, 9.17) is 4.18 Å². The molecule has 1 aromatic rings. The molecule has 0 aliphatic heterocycles. The molecule has 1 atom stereocenters. The van der Waals surface area contributed by atoms with Crippen LogP contribution >= 0.6 is 0 Å². The fourth-order valence-corrected chi connectivity index (χ4v) is 2.29. The highest BCUT2D eigenvalue weighted by Gasteiger charge is 2.17. The van der Waals surface area contributed by atoms with Crippen molar-refractivity contribution in [2.45, 2.75) is 19.3 Å². The number of methoxy groups -OCH3 is 1. The Bertz CT molecular complexity index is 623. The predicted octanol–water partition coefficient (Wildman–Crippen LogP) is 0.808. The third-order valence-corrected chi connectivity index (χ3v) is 3.33. The Morgan fingerprint density at radius 2 is 1.82 bits per heavy atom. The number of amides is 1. The third-order valence-electron chi connectivity index (χ3n) is 2.84. The molecular formula is C14H19NO6S. The Kier molecular flexibility index (Phi) is 6.36. The fraction of sp³-hybridized carbons (Fsp3) is 0.429. The first-order chi connectivity index (χ1) is 10.2. The van der Waals surface area contributed by atoms with Crippen LogP contribution in [0.25, 0.3) is 0 Å². The van der Waals surface area contributed by atoms with Crippen molar-refractivity contribution in [2.24, 2.45) is 0 Å². The molecule has 0 aliphatic carbocycles. The lowest BCUT2D eigenvalue weighted by Crippen LogP contribution is -2.27. The van der Waals surface area contributed by atoms with Crippen molar-refractivity contribution in [3.05, 3.63) is 29.8 Å². The number of rotatable bonds is 7. The molecule has 1 amide bonds. The van der Waals surface area contributed by atoms with E-state index < -0.39 is 16.1 Å². The minimum Gasteiger partial charge on any atom is -0.469 e. The molecule has 22 heavy (non-hydrogen) atoms. The van der Waals surface area contributed by atoms with Crippen molar-refractivity contribution >= 4 is 22.0 Å². The van der Waals surface area contributed by atoms with E-state index >= 15 is 0 Å². The maximum atomic E-state index is 11.5. The maximum Gasteiger partial charge on any atom is 0.306 e. The normalized spacial score (nSPS) is 12.3. The quantitative estimate of drug-likeness (QED) is 0.587. The summed E-state index contributed by atoms with van der Waals surface area (Å²) in [5, 5.41) is 2.65. The number of carbonyl (C=O) groups is 2. The molecule has 122 valence electrons. The van der Waals surface area contributed by atoms with Gasteiger partial charge in [0.2, 0.25) is 5.91 Å². The summed E-state index contributed by atoms with van der Waals surface area (Å²) in [6, 6.07) is 6.29. The lowest BCUT2D eigenvalue weighted by Gasteiger charge is -2.17. The molecule has 0 heterocycles. The molecule has 0 radical (unpaired) electrons. The van der Waals surface area contributed by atoms with Crippen LogP contribution in [0.5, 0.6) is 5.75 Å². The summed E-state index contributed by atoms with van der Waals surface area (Å²) in [5.74, 6) is -0.690. The summed E-state index contributed by atoms with van der Waals surface area (Å²) >= 11 is 0. The predicted molar refractivity (Wildman–Crippen MR) is 80.0 cm³/mol. The number of hydrogen-bond donors (Lipinski definition) is 1. The van der Waals surface area contributed by atoms with Gasteiger partial charge in [0.15, 0.2) is 0 Å². The standard InChI is InChI=1S/C14H19NO6S/c1-10(16)15-9-12(8-14(17)20-2)11-4-6-13(7-5-11)21-22(3,18)19/h4-7,12H,8-9H2,1-3H3,(H,15,16). The summed E-state index contributed by atoms with van der Waals surface area (Å²) < 4.78 is 31.5. The van der Waals surface area contributed by atoms with Crippen molar-refractivity contribution in [3.8, 4) is 5.75 Å². The van der Waals surface area contributed by atoms with Crippen LogP contribution in [0.4, 0.5) is 0 Å². The number of nitrogens with one attached hydrogen (secondary N) is 1. The van der Waals surface area contributed by atoms with E-state index in [9.17, 15) is 18.0 Å². The van der Waals surface area contributed by atoms with E-state index in [2.05, 4.69) is 10.1 Å². The zero-order chi connectivity index (χ0) is 16.8. The van der Waals surface area contributed by atoms with Crippen LogP contribution in [0.1, 0.15) is 24.8 Å². The van der Waals surface area contributed by atoms with Crippen LogP contribution in [0, 0.1) is 0 Å². The molecule has 7 nitrogen and oxygen atoms in total. The van der Waals surface area contributed by atoms with E-state index in [1.807, 2.05) is 0 Å². The molecule has 0 saturated heterocycles. The van der Waals surface area contributed by atoms with Crippen molar-refractivity contribution in [2.75, 3.05) is 19.9 Å². The average Bonchev–Trinajstić information content (AvgIpc) is 2.42. The van der Waals surface area contributed by atoms with Crippen molar-refractivity contribution in [1.82, 2.24) is 5.32 Å². The monoisotopic (exact) mass is 329 g/mol. The Hall–Kier alpha value is -2.09. The largest absolute Gasteiger partial charge is 0.469 e. The lowest BCUT2D eigenvalue weighted by atomic mass is 9.95. The molecule has 1 unspecified atom stereocenters. The highest BCUT2D eigenvalue weighted by Crippen LogP contribution is 2.23. The summed E-state index contributed by atoms with van der Waals surface area (Å²) in [6.45, 7) is 1.66. The second-order valence-electron chi connectivity index (χ2n) is 4.77. The number of carbonyl (C=O) groups excluding carboxylic acids is 2. The van der Waals surface area contributed by atoms with Gasteiger partial charge in [-0.2, -0.15) is 8.42 Å². The van der Waals surface area contributed by atoms with Crippen LogP contribution in [0.2, 0.25) is 0 Å². The molecule has 0 aliphatic rings. The molecule has 1 rings (SSSR count). The zero-order valence-corrected chi connectivity index (χ0v) is 13.5. The second kappa shape index (κ2) is 7.79. The summed E-state index contributed by atoms with van der Waals surface area (Å²) in [4.78, 5) is 22.5. The topological polar surface area (TPSA) is 98.8 Å². The van der Waals surface area contributed by atoms with Crippen LogP contribution in [0.15, 0.2) is 24.3 Å². The summed E-state index contributed by atoms with van der Waals surface area (Å²) in [5.41, 5.74) is 0.764. The third kappa shape index (κ3) is 6.57. The van der Waals surface area contributed by atoms with E-state index in [-0.39, 0.29) is 30.5 Å². The van der Waals surface area contributed by atoms with Gasteiger partial charge >= 0.3 is 16.1 Å². The highest BCUT2D eigenvalue weighted by molar-refractivity contribution is 7.86. The Labute approximate surface area is 129 Å². The SMILES string of the molecule is COC(=O)CC(CNC(C)=O)c1ccc(OS(C)(=O)=O)cc1. The van der Waals surface area contributed by atoms with Gasteiger partial charge in [0.1, 0.15) is 5.75 Å². The van der Waals surface area contributed by atoms with Gasteiger partial charge < -0.3 is 14.2 Å². The first kappa shape index (κ1) is 18.0. The van der Waals surface area contributed by atoms with E-state index in [1.165, 1.54) is 26.2 Å². The smallest absolute Gasteiger partial charge is 0.306 e. The number of benzene rings is 1. The molecule has 1 N–H and O–H groups in total. The van der Waals surface area contributed by atoms with E-state index in [1.54, 1.807) is 12.1 Å². The molecule has 1 aromatic carbocycles. The number of esters is 1. The lowest BCUT2D eigenvalue weighted by molar-refractivity contribution is -0.141. The highest BCUT2D eigenvalue weighted by atomic mass is 32.2. The van der Waals surface area contributed by atoms with Gasteiger partial charge in [-0.15, -0.1) is 0 Å². The van der Waals surface area contributed by atoms with Crippen LogP contribution < -0.4 is 9.50 Å². The number of ether oxygens (including phenoxy) is 1. The maximum absolute atomic E-state index is 11.5. The van der Waals surface area contributed by atoms with E-state index in [0.29, 0.717) is 0 Å². The van der Waals surface area contributed by atoms with Crippen LogP contribution in [-0.2, 0) is 24.4 Å². The van der Waals surface area contributed by atoms with Crippen molar-refractivity contribution < 1.29 is 26.9 Å². The zero-order valence-electron chi connectivity index (χ0n) is 12.7. The summed E-state index contributed by atoms with van der Waals surface area (Å²) in [7, 11) is -2.29. The first-order valence-electron chi connectivity index (χ1n) is 6.52. The molecule has 0 aromatic heterocycles. The molecule has 0 bridgehead atoms. The van der Waals surface area contributed by atoms with Gasteiger partial charge in [-0.25, -0.2) is 0 Å². The first-order valence-corrected chi connectivity index (χ1v) is 8.33. The Balaban J connectivity index is 2.88. The number of hydrogen-bond acceptors (Lipinski definition) is 6.